The van der Waals surface area contributed by atoms with Crippen LogP contribution in [0.5, 0.6) is 17.5 Å². The number of aliphatic hydroxyl groups is 1. The molecule has 0 unspecified atom stereocenters. The van der Waals surface area contributed by atoms with E-state index >= 15 is 0 Å². The van der Waals surface area contributed by atoms with Gasteiger partial charge in [-0.1, -0.05) is 73.7 Å². The summed E-state index contributed by atoms with van der Waals surface area (Å²) < 4.78 is 12.8. The summed E-state index contributed by atoms with van der Waals surface area (Å²) in [5, 5.41) is 69.6. The van der Waals surface area contributed by atoms with Crippen LogP contribution < -0.4 is 4.74 Å². The molecule has 8 rings (SSSR count). The second-order valence-corrected chi connectivity index (χ2v) is 15.6. The maximum atomic E-state index is 12.1. The number of ether oxygens (including phenoxy) is 2. The van der Waals surface area contributed by atoms with Gasteiger partial charge in [-0.25, -0.2) is 23.9 Å². The molecule has 2 heterocycles. The van der Waals surface area contributed by atoms with Crippen LogP contribution in [0.25, 0.3) is 38.7 Å². The molecule has 18 nitrogen and oxygen atoms in total. The maximum Gasteiger partial charge on any atom is 0.338 e. The molecule has 0 saturated carbocycles. The van der Waals surface area contributed by atoms with Crippen molar-refractivity contribution in [2.24, 2.45) is 9.98 Å². The van der Waals surface area contributed by atoms with Crippen molar-refractivity contribution in [2.45, 2.75) is 26.9 Å². The van der Waals surface area contributed by atoms with Crippen molar-refractivity contribution in [3.8, 4) is 57.5 Å². The molecule has 8 aromatic rings. The van der Waals surface area contributed by atoms with E-state index in [0.717, 1.165) is 17.5 Å². The van der Waals surface area contributed by atoms with Gasteiger partial charge in [0.1, 0.15) is 23.2 Å². The van der Waals surface area contributed by atoms with Crippen LogP contribution in [-0.4, -0.2) is 89.1 Å². The molecule has 0 aliphatic carbocycles. The Bertz CT molecular complexity index is 3520. The Kier molecular flexibility index (Phi) is 17.7. The summed E-state index contributed by atoms with van der Waals surface area (Å²) in [4.78, 5) is 47.6. The fraction of sp³-hybridized carbons (Fsp3) is 0.109. The molecule has 5 N–H and O–H groups in total. The Morgan fingerprint density at radius 1 is 0.730 bits per heavy atom. The topological polar surface area (TPSA) is 259 Å². The normalized spacial score (nSPS) is 10.7. The zero-order chi connectivity index (χ0) is 52.2. The molecule has 6 aromatic carbocycles. The van der Waals surface area contributed by atoms with Crippen molar-refractivity contribution in [3.05, 3.63) is 189 Å². The Morgan fingerprint density at radius 2 is 1.30 bits per heavy atom. The number of methoxy groups -OCH3 is 1. The third kappa shape index (κ3) is 11.9. The van der Waals surface area contributed by atoms with E-state index in [1.54, 1.807) is 79.7 Å². The van der Waals surface area contributed by atoms with Crippen LogP contribution in [0.15, 0.2) is 143 Å². The number of carbonyl (C=O) groups excluding carboxylic acids is 1. The first-order valence-corrected chi connectivity index (χ1v) is 22.3. The van der Waals surface area contributed by atoms with Crippen molar-refractivity contribution in [1.82, 2.24) is 19.6 Å². The number of aliphatic imine (C=N–C) groups is 2. The van der Waals surface area contributed by atoms with E-state index in [2.05, 4.69) is 38.0 Å². The molecule has 0 spiro atoms. The minimum Gasteiger partial charge on any atom is -0.497 e. The SMILES string of the molecule is CCOC(=O)c1ccc(-c2nn(-c3ccccc3C#N)c(O)c2C=Nc2cc(OC)ccc2C(=O)O)cc1.[C-]#[N+]c1cccc(-n2nc(-c3ccc(CC)cc3)c(C=Nc3cc(CO)ccc3C(=O)O)c2O)c1.[Co]. The van der Waals surface area contributed by atoms with Crippen LogP contribution >= 0.6 is 0 Å². The fourth-order valence-corrected chi connectivity index (χ4v) is 7.34. The van der Waals surface area contributed by atoms with E-state index in [1.807, 2.05) is 24.3 Å². The monoisotopic (exact) mass is 1040 g/mol. The number of aromatic carboxylic acids is 2. The average Bonchev–Trinajstić information content (AvgIpc) is 3.93. The fourth-order valence-electron chi connectivity index (χ4n) is 7.34. The van der Waals surface area contributed by atoms with Gasteiger partial charge in [-0.2, -0.15) is 20.1 Å². The smallest absolute Gasteiger partial charge is 0.338 e. The molecule has 74 heavy (non-hydrogen) atoms. The Balaban J connectivity index is 0.000000238. The van der Waals surface area contributed by atoms with E-state index in [0.29, 0.717) is 45.2 Å². The zero-order valence-electron chi connectivity index (χ0n) is 39.7. The summed E-state index contributed by atoms with van der Waals surface area (Å²) >= 11 is 0. The van der Waals surface area contributed by atoms with Crippen LogP contribution in [0.1, 0.15) is 72.7 Å². The minimum atomic E-state index is -1.18. The third-order valence-corrected chi connectivity index (χ3v) is 11.1. The van der Waals surface area contributed by atoms with Gasteiger partial charge in [0.2, 0.25) is 11.8 Å². The summed E-state index contributed by atoms with van der Waals surface area (Å²) in [5.74, 6) is -2.94. The molecule has 1 radical (unpaired) electrons. The first-order chi connectivity index (χ1) is 35.3. The van der Waals surface area contributed by atoms with Crippen LogP contribution in [-0.2, 0) is 34.5 Å². The first kappa shape index (κ1) is 53.7. The average molecular weight is 1040 g/mol. The van der Waals surface area contributed by atoms with Crippen LogP contribution in [0.3, 0.4) is 0 Å². The molecule has 373 valence electrons. The molecule has 0 fully saturated rings. The van der Waals surface area contributed by atoms with E-state index in [-0.39, 0.29) is 86.6 Å². The molecule has 0 aliphatic heterocycles. The van der Waals surface area contributed by atoms with Crippen molar-refractivity contribution in [3.63, 3.8) is 0 Å². The summed E-state index contributed by atoms with van der Waals surface area (Å²) in [6.07, 6.45) is 3.53. The predicted molar refractivity (Wildman–Crippen MR) is 271 cm³/mol. The largest absolute Gasteiger partial charge is 0.497 e. The van der Waals surface area contributed by atoms with Crippen molar-refractivity contribution < 1.29 is 66.2 Å². The van der Waals surface area contributed by atoms with Gasteiger partial charge in [0.05, 0.1) is 83.0 Å². The number of nitriles is 1. The molecule has 19 heteroatoms. The van der Waals surface area contributed by atoms with Gasteiger partial charge < -0.3 is 35.0 Å². The number of esters is 1. The van der Waals surface area contributed by atoms with E-state index in [9.17, 15) is 45.2 Å². The molecule has 2 aromatic heterocycles. The number of rotatable bonds is 15. The van der Waals surface area contributed by atoms with Crippen LogP contribution in [0.4, 0.5) is 17.1 Å². The summed E-state index contributed by atoms with van der Waals surface area (Å²) in [6, 6.07) is 38.2. The van der Waals surface area contributed by atoms with Crippen LogP contribution in [0, 0.1) is 17.9 Å². The summed E-state index contributed by atoms with van der Waals surface area (Å²) in [6.45, 7) is 11.0. The number of carboxylic acids is 2. The first-order valence-electron chi connectivity index (χ1n) is 22.3. The van der Waals surface area contributed by atoms with E-state index in [1.165, 1.54) is 65.3 Å². The molecule has 0 amide bonds. The van der Waals surface area contributed by atoms with Gasteiger partial charge in [-0.3, -0.25) is 9.98 Å². The number of aryl methyl sites for hydroxylation is 1. The van der Waals surface area contributed by atoms with Crippen molar-refractivity contribution in [1.29, 1.82) is 5.26 Å². The van der Waals surface area contributed by atoms with Gasteiger partial charge in [0.15, 0.2) is 5.69 Å². The Labute approximate surface area is 434 Å². The van der Waals surface area contributed by atoms with Gasteiger partial charge >= 0.3 is 17.9 Å². The van der Waals surface area contributed by atoms with Crippen molar-refractivity contribution >= 4 is 47.4 Å². The molecular weight excluding hydrogens is 992 g/mol. The number of aliphatic hydroxyl groups excluding tert-OH is 1. The van der Waals surface area contributed by atoms with Crippen LogP contribution in [0.2, 0.25) is 0 Å². The standard InChI is InChI=1S/C28H22N4O6.C27H22N4O4.Co/c1-3-38-28(36)18-10-8-17(9-11-18)25-22(16-30-23-14-20(37-2)12-13-21(23)27(34)35)26(33)32(31-25)24-7-5-4-6-19(24)15-29;1-3-17-7-10-19(11-8-17)25-23(15-29-24-13-18(16-32)9-12-22(24)27(34)35)26(33)31(30-25)21-6-4-5-20(14-21)28-2;/h4-14,16,33H,3H2,1-2H3,(H,34,35);4-15,32-33H,3,16H2,1H3,(H,34,35);. The maximum absolute atomic E-state index is 12.1. The number of para-hydroxylation sites is 1. The number of aromatic hydroxyl groups is 2. The van der Waals surface area contributed by atoms with E-state index < -0.39 is 17.9 Å². The Morgan fingerprint density at radius 3 is 1.86 bits per heavy atom. The van der Waals surface area contributed by atoms with E-state index in [4.69, 9.17) is 16.0 Å². The molecule has 0 aliphatic rings. The number of nitrogens with zero attached hydrogens (tertiary/aromatic N) is 8. The number of benzene rings is 6. The second-order valence-electron chi connectivity index (χ2n) is 15.6. The predicted octanol–water partition coefficient (Wildman–Crippen LogP) is 10.0. The van der Waals surface area contributed by atoms with Gasteiger partial charge in [0, 0.05) is 46.4 Å². The number of carboxylic acid groups (broad SMARTS) is 2. The molecule has 0 bridgehead atoms. The number of aromatic nitrogens is 4. The van der Waals surface area contributed by atoms with Gasteiger partial charge in [-0.05, 0) is 85.1 Å². The molecule has 0 atom stereocenters. The third-order valence-electron chi connectivity index (χ3n) is 11.1. The summed E-state index contributed by atoms with van der Waals surface area (Å²) in [7, 11) is 1.45. The quantitative estimate of drug-likeness (QED) is 0.0364. The number of hydrogen-bond donors (Lipinski definition) is 5. The second kappa shape index (κ2) is 24.4. The van der Waals surface area contributed by atoms with Crippen molar-refractivity contribution in [2.75, 3.05) is 13.7 Å². The van der Waals surface area contributed by atoms with Gasteiger partial charge in [0.25, 0.3) is 0 Å². The number of carbonyl (C=O) groups is 3. The molecular formula is C55H44CoN8O10. The van der Waals surface area contributed by atoms with Gasteiger partial charge in [-0.15, -0.1) is 0 Å². The molecule has 0 saturated heterocycles. The number of hydrogen-bond acceptors (Lipinski definition) is 13. The summed E-state index contributed by atoms with van der Waals surface area (Å²) in [5.41, 5.74) is 6.09. The zero-order valence-corrected chi connectivity index (χ0v) is 40.7. The minimum absolute atomic E-state index is 0. The Hall–Kier alpha value is -9.66.